The number of aliphatic hydroxyl groups is 2. The molecule has 76 valence electrons. The van der Waals surface area contributed by atoms with E-state index in [-0.39, 0.29) is 31.8 Å². The van der Waals surface area contributed by atoms with Gasteiger partial charge in [-0.15, -0.1) is 0 Å². The summed E-state index contributed by atoms with van der Waals surface area (Å²) in [5.74, 6) is -0.999. The SMILES string of the molecule is NC(C=O)CCC(=O)C(CO)CO. The van der Waals surface area contributed by atoms with Crippen molar-refractivity contribution in [2.75, 3.05) is 13.2 Å². The molecule has 4 N–H and O–H groups in total. The van der Waals surface area contributed by atoms with Gasteiger partial charge >= 0.3 is 0 Å². The van der Waals surface area contributed by atoms with Crippen LogP contribution in [-0.2, 0) is 9.59 Å². The summed E-state index contributed by atoms with van der Waals surface area (Å²) in [5.41, 5.74) is 5.26. The van der Waals surface area contributed by atoms with Crippen molar-refractivity contribution in [1.29, 1.82) is 0 Å². The number of hydrogen-bond acceptors (Lipinski definition) is 5. The van der Waals surface area contributed by atoms with Gasteiger partial charge in [0.15, 0.2) is 0 Å². The van der Waals surface area contributed by atoms with Gasteiger partial charge in [0.1, 0.15) is 12.1 Å². The Bertz CT molecular complexity index is 168. The summed E-state index contributed by atoms with van der Waals surface area (Å²) in [4.78, 5) is 21.2. The zero-order chi connectivity index (χ0) is 10.3. The summed E-state index contributed by atoms with van der Waals surface area (Å²) in [6.07, 6.45) is 0.949. The molecule has 0 aliphatic rings. The van der Waals surface area contributed by atoms with E-state index in [9.17, 15) is 9.59 Å². The minimum atomic E-state index is -0.737. The van der Waals surface area contributed by atoms with Crippen molar-refractivity contribution in [3.05, 3.63) is 0 Å². The summed E-state index contributed by atoms with van der Waals surface area (Å²) >= 11 is 0. The van der Waals surface area contributed by atoms with Crippen molar-refractivity contribution in [3.63, 3.8) is 0 Å². The molecular formula is C8H15NO4. The Kier molecular flexibility index (Phi) is 6.30. The van der Waals surface area contributed by atoms with E-state index in [0.717, 1.165) is 0 Å². The minimum absolute atomic E-state index is 0.117. The molecule has 1 unspecified atom stereocenters. The zero-order valence-corrected chi connectivity index (χ0v) is 7.35. The highest BCUT2D eigenvalue weighted by Crippen LogP contribution is 2.03. The molecule has 0 aliphatic heterocycles. The minimum Gasteiger partial charge on any atom is -0.396 e. The number of hydrogen-bond donors (Lipinski definition) is 3. The molecule has 1 atom stereocenters. The molecule has 0 heterocycles. The maximum absolute atomic E-state index is 11.1. The Morgan fingerprint density at radius 3 is 2.31 bits per heavy atom. The molecule has 5 heteroatoms. The molecule has 0 rings (SSSR count). The van der Waals surface area contributed by atoms with Crippen molar-refractivity contribution in [1.82, 2.24) is 0 Å². The van der Waals surface area contributed by atoms with Gasteiger partial charge in [-0.05, 0) is 6.42 Å². The number of ketones is 1. The zero-order valence-electron chi connectivity index (χ0n) is 7.35. The molecule has 0 aromatic carbocycles. The van der Waals surface area contributed by atoms with Crippen LogP contribution in [0.2, 0.25) is 0 Å². The van der Waals surface area contributed by atoms with Crippen LogP contribution in [0, 0.1) is 5.92 Å². The molecule has 0 aliphatic carbocycles. The van der Waals surface area contributed by atoms with Crippen LogP contribution in [0.25, 0.3) is 0 Å². The molecule has 0 bridgehead atoms. The average Bonchev–Trinajstić information content (AvgIpc) is 2.16. The van der Waals surface area contributed by atoms with Gasteiger partial charge in [-0.1, -0.05) is 0 Å². The first kappa shape index (κ1) is 12.2. The third kappa shape index (κ3) is 4.72. The number of rotatable bonds is 7. The molecule has 0 saturated carbocycles. The topological polar surface area (TPSA) is 101 Å². The fraction of sp³-hybridized carbons (Fsp3) is 0.750. The van der Waals surface area contributed by atoms with Crippen molar-refractivity contribution in [3.8, 4) is 0 Å². The second-order valence-corrected chi connectivity index (χ2v) is 2.87. The number of nitrogens with two attached hydrogens (primary N) is 1. The van der Waals surface area contributed by atoms with Crippen LogP contribution >= 0.6 is 0 Å². The largest absolute Gasteiger partial charge is 0.396 e. The molecule has 0 fully saturated rings. The van der Waals surface area contributed by atoms with E-state index in [1.165, 1.54) is 0 Å². The number of aliphatic hydroxyl groups excluding tert-OH is 2. The normalized spacial score (nSPS) is 12.9. The van der Waals surface area contributed by atoms with Crippen molar-refractivity contribution in [2.45, 2.75) is 18.9 Å². The molecule has 13 heavy (non-hydrogen) atoms. The maximum atomic E-state index is 11.1. The van der Waals surface area contributed by atoms with Crippen molar-refractivity contribution < 1.29 is 19.8 Å². The highest BCUT2D eigenvalue weighted by Gasteiger charge is 2.16. The first-order valence-corrected chi connectivity index (χ1v) is 4.11. The lowest BCUT2D eigenvalue weighted by molar-refractivity contribution is -0.125. The van der Waals surface area contributed by atoms with E-state index < -0.39 is 12.0 Å². The van der Waals surface area contributed by atoms with E-state index >= 15 is 0 Å². The summed E-state index contributed by atoms with van der Waals surface area (Å²) in [6.45, 7) is -0.739. The molecule has 0 aromatic heterocycles. The number of carbonyl (C=O) groups is 2. The Labute approximate surface area is 76.5 Å². The summed E-state index contributed by atoms with van der Waals surface area (Å²) in [5, 5.41) is 17.3. The first-order valence-electron chi connectivity index (χ1n) is 4.11. The lowest BCUT2D eigenvalue weighted by Gasteiger charge is -2.09. The van der Waals surface area contributed by atoms with Gasteiger partial charge in [0.2, 0.25) is 0 Å². The predicted molar refractivity (Wildman–Crippen MR) is 45.9 cm³/mol. The fourth-order valence-corrected chi connectivity index (χ4v) is 0.842. The van der Waals surface area contributed by atoms with Crippen LogP contribution in [0.4, 0.5) is 0 Å². The van der Waals surface area contributed by atoms with Crippen LogP contribution < -0.4 is 5.73 Å². The average molecular weight is 189 g/mol. The van der Waals surface area contributed by atoms with E-state index in [1.807, 2.05) is 0 Å². The molecule has 5 nitrogen and oxygen atoms in total. The van der Waals surface area contributed by atoms with Crippen LogP contribution in [0.15, 0.2) is 0 Å². The van der Waals surface area contributed by atoms with Crippen molar-refractivity contribution in [2.24, 2.45) is 11.7 Å². The van der Waals surface area contributed by atoms with Crippen molar-refractivity contribution >= 4 is 12.1 Å². The lowest BCUT2D eigenvalue weighted by Crippen LogP contribution is -2.27. The fourth-order valence-electron chi connectivity index (χ4n) is 0.842. The number of carbonyl (C=O) groups excluding carboxylic acids is 2. The Hall–Kier alpha value is -0.780. The second kappa shape index (κ2) is 6.71. The third-order valence-corrected chi connectivity index (χ3v) is 1.79. The first-order chi connectivity index (χ1) is 6.15. The molecule has 0 aromatic rings. The molecule has 0 amide bonds. The highest BCUT2D eigenvalue weighted by molar-refractivity contribution is 5.81. The van der Waals surface area contributed by atoms with Crippen LogP contribution in [0.1, 0.15) is 12.8 Å². The van der Waals surface area contributed by atoms with Gasteiger partial charge in [-0.2, -0.15) is 0 Å². The van der Waals surface area contributed by atoms with E-state index in [2.05, 4.69) is 0 Å². The smallest absolute Gasteiger partial charge is 0.140 e. The Morgan fingerprint density at radius 1 is 1.38 bits per heavy atom. The predicted octanol–water partition coefficient (Wildman–Crippen LogP) is -1.54. The molecule has 0 spiro atoms. The highest BCUT2D eigenvalue weighted by atomic mass is 16.3. The second-order valence-electron chi connectivity index (χ2n) is 2.87. The third-order valence-electron chi connectivity index (χ3n) is 1.79. The van der Waals surface area contributed by atoms with Gasteiger partial charge in [0, 0.05) is 6.42 Å². The summed E-state index contributed by atoms with van der Waals surface area (Å²) in [6, 6.07) is -0.637. The maximum Gasteiger partial charge on any atom is 0.140 e. The Morgan fingerprint density at radius 2 is 1.92 bits per heavy atom. The Balaban J connectivity index is 3.78. The van der Waals surface area contributed by atoms with Crippen LogP contribution in [-0.4, -0.2) is 41.5 Å². The standard InChI is InChI=1S/C8H15NO4/c9-7(5-12)1-2-8(13)6(3-10)4-11/h5-7,10-11H,1-4,9H2. The van der Waals surface area contributed by atoms with Gasteiger partial charge in [-0.25, -0.2) is 0 Å². The number of aldehydes is 1. The van der Waals surface area contributed by atoms with E-state index in [4.69, 9.17) is 15.9 Å². The van der Waals surface area contributed by atoms with Gasteiger partial charge in [0.05, 0.1) is 25.2 Å². The van der Waals surface area contributed by atoms with E-state index in [1.54, 1.807) is 0 Å². The molecular weight excluding hydrogens is 174 g/mol. The van der Waals surface area contributed by atoms with Gasteiger partial charge in [-0.3, -0.25) is 4.79 Å². The van der Waals surface area contributed by atoms with Gasteiger partial charge in [0.25, 0.3) is 0 Å². The molecule has 0 radical (unpaired) electrons. The summed E-state index contributed by atoms with van der Waals surface area (Å²) in [7, 11) is 0. The summed E-state index contributed by atoms with van der Waals surface area (Å²) < 4.78 is 0. The quantitative estimate of drug-likeness (QED) is 0.421. The monoisotopic (exact) mass is 189 g/mol. The van der Waals surface area contributed by atoms with Crippen LogP contribution in [0.3, 0.4) is 0 Å². The van der Waals surface area contributed by atoms with Gasteiger partial charge < -0.3 is 20.7 Å². The van der Waals surface area contributed by atoms with Crippen LogP contribution in [0.5, 0.6) is 0 Å². The lowest BCUT2D eigenvalue weighted by atomic mass is 10.0. The molecule has 0 saturated heterocycles. The van der Waals surface area contributed by atoms with E-state index in [0.29, 0.717) is 6.29 Å². The number of Topliss-reactive ketones (excluding diaryl/α,β-unsaturated/α-hetero) is 1.